The number of urea groups is 1. The lowest BCUT2D eigenvalue weighted by atomic mass is 10.1. The minimum absolute atomic E-state index is 0.0791. The molecule has 2 amide bonds. The molecule has 0 unspecified atom stereocenters. The van der Waals surface area contributed by atoms with E-state index in [1.54, 1.807) is 0 Å². The Hall–Kier alpha value is -0.810. The summed E-state index contributed by atoms with van der Waals surface area (Å²) < 4.78 is 11.0. The highest BCUT2D eigenvalue weighted by atomic mass is 16.5. The largest absolute Gasteiger partial charge is 0.381 e. The van der Waals surface area contributed by atoms with E-state index in [-0.39, 0.29) is 6.03 Å². The average Bonchev–Trinajstić information content (AvgIpc) is 2.86. The maximum Gasteiger partial charge on any atom is 0.317 e. The van der Waals surface area contributed by atoms with Gasteiger partial charge in [0.2, 0.25) is 0 Å². The van der Waals surface area contributed by atoms with E-state index in [1.807, 2.05) is 4.90 Å². The van der Waals surface area contributed by atoms with Crippen molar-refractivity contribution in [2.75, 3.05) is 39.5 Å². The minimum Gasteiger partial charge on any atom is -0.381 e. The van der Waals surface area contributed by atoms with Crippen molar-refractivity contribution in [2.24, 2.45) is 5.92 Å². The van der Waals surface area contributed by atoms with E-state index in [9.17, 15) is 4.79 Å². The van der Waals surface area contributed by atoms with Crippen molar-refractivity contribution in [3.05, 3.63) is 0 Å². The van der Waals surface area contributed by atoms with Crippen LogP contribution in [0, 0.1) is 5.92 Å². The van der Waals surface area contributed by atoms with Crippen molar-refractivity contribution < 1.29 is 14.3 Å². The molecule has 0 radical (unpaired) electrons. The molecule has 2 saturated heterocycles. The second-order valence-corrected chi connectivity index (χ2v) is 5.61. The molecule has 0 aliphatic carbocycles. The molecule has 0 aromatic rings. The lowest BCUT2D eigenvalue weighted by Gasteiger charge is -2.22. The van der Waals surface area contributed by atoms with Gasteiger partial charge in [0.25, 0.3) is 0 Å². The SMILES string of the molecule is C[C@@H]1CCN(C(=O)NCCCOC2CCOCC2)C1. The van der Waals surface area contributed by atoms with Crippen LogP contribution in [-0.4, -0.2) is 56.5 Å². The van der Waals surface area contributed by atoms with Gasteiger partial charge < -0.3 is 19.7 Å². The maximum absolute atomic E-state index is 11.8. The van der Waals surface area contributed by atoms with E-state index in [2.05, 4.69) is 12.2 Å². The lowest BCUT2D eigenvalue weighted by molar-refractivity contribution is -0.0320. The summed E-state index contributed by atoms with van der Waals surface area (Å²) in [7, 11) is 0. The van der Waals surface area contributed by atoms with Crippen LogP contribution in [0.15, 0.2) is 0 Å². The summed E-state index contributed by atoms with van der Waals surface area (Å²) in [6.07, 6.45) is 4.35. The van der Waals surface area contributed by atoms with E-state index >= 15 is 0 Å². The van der Waals surface area contributed by atoms with Gasteiger partial charge in [-0.2, -0.15) is 0 Å². The Morgan fingerprint density at radius 1 is 1.37 bits per heavy atom. The van der Waals surface area contributed by atoms with Gasteiger partial charge in [-0.05, 0) is 31.6 Å². The van der Waals surface area contributed by atoms with E-state index in [0.717, 1.165) is 58.6 Å². The topological polar surface area (TPSA) is 50.8 Å². The number of nitrogens with zero attached hydrogens (tertiary/aromatic N) is 1. The fraction of sp³-hybridized carbons (Fsp3) is 0.929. The van der Waals surface area contributed by atoms with Crippen LogP contribution in [-0.2, 0) is 9.47 Å². The highest BCUT2D eigenvalue weighted by Gasteiger charge is 2.22. The molecule has 2 fully saturated rings. The molecular formula is C14H26N2O3. The second-order valence-electron chi connectivity index (χ2n) is 5.61. The normalized spacial score (nSPS) is 24.7. The fourth-order valence-electron chi connectivity index (χ4n) is 2.59. The standard InChI is InChI=1S/C14H26N2O3/c1-12-3-7-16(11-12)14(17)15-6-2-8-19-13-4-9-18-10-5-13/h12-13H,2-11H2,1H3,(H,15,17)/t12-/m1/s1. The fourth-order valence-corrected chi connectivity index (χ4v) is 2.59. The molecule has 0 aromatic heterocycles. The van der Waals surface area contributed by atoms with Gasteiger partial charge in [-0.15, -0.1) is 0 Å². The molecular weight excluding hydrogens is 244 g/mol. The van der Waals surface area contributed by atoms with Gasteiger partial charge >= 0.3 is 6.03 Å². The highest BCUT2D eigenvalue weighted by Crippen LogP contribution is 2.14. The zero-order valence-corrected chi connectivity index (χ0v) is 11.9. The molecule has 1 atom stereocenters. The van der Waals surface area contributed by atoms with Gasteiger partial charge in [0, 0.05) is 39.5 Å². The third kappa shape index (κ3) is 4.99. The van der Waals surface area contributed by atoms with Gasteiger partial charge in [0.1, 0.15) is 0 Å². The smallest absolute Gasteiger partial charge is 0.317 e. The van der Waals surface area contributed by atoms with E-state index in [1.165, 1.54) is 0 Å². The van der Waals surface area contributed by atoms with Gasteiger partial charge in [0.05, 0.1) is 6.10 Å². The Kier molecular flexibility index (Phi) is 5.92. The summed E-state index contributed by atoms with van der Waals surface area (Å²) >= 11 is 0. The van der Waals surface area contributed by atoms with Crippen LogP contribution in [0.5, 0.6) is 0 Å². The first-order valence-corrected chi connectivity index (χ1v) is 7.48. The first-order valence-electron chi connectivity index (χ1n) is 7.48. The van der Waals surface area contributed by atoms with Gasteiger partial charge in [-0.3, -0.25) is 0 Å². The minimum atomic E-state index is 0.0791. The summed E-state index contributed by atoms with van der Waals surface area (Å²) in [5.41, 5.74) is 0. The molecule has 2 aliphatic rings. The third-order valence-electron chi connectivity index (χ3n) is 3.83. The Bertz CT molecular complexity index is 280. The number of rotatable bonds is 5. The Labute approximate surface area is 115 Å². The number of nitrogens with one attached hydrogen (secondary N) is 1. The number of carbonyl (C=O) groups is 1. The van der Waals surface area contributed by atoms with Crippen molar-refractivity contribution in [3.8, 4) is 0 Å². The molecule has 5 heteroatoms. The number of amides is 2. The van der Waals surface area contributed by atoms with Crippen LogP contribution in [0.25, 0.3) is 0 Å². The van der Waals surface area contributed by atoms with E-state index < -0.39 is 0 Å². The van der Waals surface area contributed by atoms with Crippen LogP contribution in [0.4, 0.5) is 4.79 Å². The highest BCUT2D eigenvalue weighted by molar-refractivity contribution is 5.74. The summed E-state index contributed by atoms with van der Waals surface area (Å²) in [6.45, 7) is 7.03. The van der Waals surface area contributed by atoms with Crippen molar-refractivity contribution in [1.29, 1.82) is 0 Å². The third-order valence-corrected chi connectivity index (χ3v) is 3.83. The van der Waals surface area contributed by atoms with Crippen LogP contribution >= 0.6 is 0 Å². The number of ether oxygens (including phenoxy) is 2. The van der Waals surface area contributed by atoms with E-state index in [0.29, 0.717) is 18.6 Å². The summed E-state index contributed by atoms with van der Waals surface area (Å²) in [5.74, 6) is 0.641. The van der Waals surface area contributed by atoms with Crippen LogP contribution in [0.3, 0.4) is 0 Å². The average molecular weight is 270 g/mol. The predicted octanol–water partition coefficient (Wildman–Crippen LogP) is 1.62. The maximum atomic E-state index is 11.8. The molecule has 2 aliphatic heterocycles. The zero-order chi connectivity index (χ0) is 13.5. The van der Waals surface area contributed by atoms with Crippen LogP contribution in [0.1, 0.15) is 32.6 Å². The first kappa shape index (κ1) is 14.6. The van der Waals surface area contributed by atoms with Gasteiger partial charge in [0.15, 0.2) is 0 Å². The number of hydrogen-bond donors (Lipinski definition) is 1. The molecule has 0 bridgehead atoms. The molecule has 2 heterocycles. The molecule has 19 heavy (non-hydrogen) atoms. The number of likely N-dealkylation sites (tertiary alicyclic amines) is 1. The monoisotopic (exact) mass is 270 g/mol. The second kappa shape index (κ2) is 7.70. The van der Waals surface area contributed by atoms with Crippen molar-refractivity contribution in [2.45, 2.75) is 38.7 Å². The van der Waals surface area contributed by atoms with Crippen molar-refractivity contribution in [1.82, 2.24) is 10.2 Å². The summed E-state index contributed by atoms with van der Waals surface area (Å²) in [6, 6.07) is 0.0791. The summed E-state index contributed by atoms with van der Waals surface area (Å²) in [4.78, 5) is 13.7. The van der Waals surface area contributed by atoms with Crippen LogP contribution in [0.2, 0.25) is 0 Å². The summed E-state index contributed by atoms with van der Waals surface area (Å²) in [5, 5.41) is 2.97. The van der Waals surface area contributed by atoms with Crippen molar-refractivity contribution >= 4 is 6.03 Å². The predicted molar refractivity (Wildman–Crippen MR) is 73.2 cm³/mol. The molecule has 0 saturated carbocycles. The first-order chi connectivity index (χ1) is 9.25. The van der Waals surface area contributed by atoms with Gasteiger partial charge in [-0.25, -0.2) is 4.79 Å². The molecule has 5 nitrogen and oxygen atoms in total. The van der Waals surface area contributed by atoms with Crippen molar-refractivity contribution in [3.63, 3.8) is 0 Å². The Morgan fingerprint density at radius 2 is 2.16 bits per heavy atom. The van der Waals surface area contributed by atoms with Crippen LogP contribution < -0.4 is 5.32 Å². The number of hydrogen-bond acceptors (Lipinski definition) is 3. The zero-order valence-electron chi connectivity index (χ0n) is 11.9. The lowest BCUT2D eigenvalue weighted by Crippen LogP contribution is -2.39. The number of carbonyl (C=O) groups excluding carboxylic acids is 1. The Balaban J connectivity index is 1.48. The van der Waals surface area contributed by atoms with Gasteiger partial charge in [-0.1, -0.05) is 6.92 Å². The molecule has 1 N–H and O–H groups in total. The molecule has 0 spiro atoms. The Morgan fingerprint density at radius 3 is 2.84 bits per heavy atom. The van der Waals surface area contributed by atoms with E-state index in [4.69, 9.17) is 9.47 Å². The molecule has 0 aromatic carbocycles. The molecule has 2 rings (SSSR count). The molecule has 110 valence electrons. The quantitative estimate of drug-likeness (QED) is 0.772.